The van der Waals surface area contributed by atoms with E-state index in [1.54, 1.807) is 0 Å². The summed E-state index contributed by atoms with van der Waals surface area (Å²) < 4.78 is 27.3. The highest BCUT2D eigenvalue weighted by atomic mass is 35.5. The zero-order valence-corrected chi connectivity index (χ0v) is 12.7. The lowest BCUT2D eigenvalue weighted by Gasteiger charge is -2.19. The van der Waals surface area contributed by atoms with E-state index in [1.807, 2.05) is 0 Å². The van der Waals surface area contributed by atoms with Crippen molar-refractivity contribution in [2.75, 3.05) is 6.54 Å². The van der Waals surface area contributed by atoms with Crippen LogP contribution in [0, 0.1) is 16.0 Å². The van der Waals surface area contributed by atoms with Crippen LogP contribution in [0.1, 0.15) is 19.3 Å². The first-order valence-corrected chi connectivity index (χ1v) is 8.37. The molecule has 3 N–H and O–H groups in total. The van der Waals surface area contributed by atoms with Crippen molar-refractivity contribution < 1.29 is 13.3 Å². The largest absolute Gasteiger partial charge is 0.330 e. The van der Waals surface area contributed by atoms with Crippen molar-refractivity contribution in [2.45, 2.75) is 30.2 Å². The van der Waals surface area contributed by atoms with Crippen LogP contribution in [0.25, 0.3) is 0 Å². The predicted octanol–water partition coefficient (Wildman–Crippen LogP) is 1.65. The maximum atomic E-state index is 12.3. The number of nitrogens with one attached hydrogen (secondary N) is 1. The van der Waals surface area contributed by atoms with Crippen LogP contribution < -0.4 is 10.5 Å². The molecule has 0 spiro atoms. The number of nitrogens with zero attached hydrogens (tertiary/aromatic N) is 1. The van der Waals surface area contributed by atoms with Crippen LogP contribution in [0.15, 0.2) is 23.1 Å². The van der Waals surface area contributed by atoms with Gasteiger partial charge in [-0.2, -0.15) is 0 Å². The van der Waals surface area contributed by atoms with E-state index in [9.17, 15) is 18.5 Å². The molecule has 2 unspecified atom stereocenters. The van der Waals surface area contributed by atoms with E-state index in [-0.39, 0.29) is 27.6 Å². The van der Waals surface area contributed by atoms with Gasteiger partial charge in [-0.1, -0.05) is 18.0 Å². The Morgan fingerprint density at radius 2 is 2.14 bits per heavy atom. The Hall–Kier alpha value is -1.22. The van der Waals surface area contributed by atoms with E-state index >= 15 is 0 Å². The molecule has 0 heterocycles. The molecule has 0 radical (unpaired) electrons. The smallest absolute Gasteiger partial charge is 0.271 e. The summed E-state index contributed by atoms with van der Waals surface area (Å²) in [7, 11) is -3.82. The molecule has 21 heavy (non-hydrogen) atoms. The van der Waals surface area contributed by atoms with Gasteiger partial charge in [-0.05, 0) is 31.4 Å². The normalized spacial score (nSPS) is 22.4. The molecular formula is C12H16ClN3O4S. The topological polar surface area (TPSA) is 115 Å². The molecule has 1 aromatic carbocycles. The van der Waals surface area contributed by atoms with Gasteiger partial charge in [0.05, 0.1) is 9.95 Å². The first-order chi connectivity index (χ1) is 9.85. The maximum absolute atomic E-state index is 12.3. The number of sulfonamides is 1. The number of hydrogen-bond donors (Lipinski definition) is 2. The zero-order chi connectivity index (χ0) is 15.6. The number of benzene rings is 1. The highest BCUT2D eigenvalue weighted by Crippen LogP contribution is 2.29. The molecule has 1 aromatic rings. The number of nitro groups is 1. The average molecular weight is 334 g/mol. The lowest BCUT2D eigenvalue weighted by Crippen LogP contribution is -2.39. The molecule has 1 saturated carbocycles. The van der Waals surface area contributed by atoms with Gasteiger partial charge in [-0.25, -0.2) is 13.1 Å². The molecule has 0 saturated heterocycles. The standard InChI is InChI=1S/C12H16ClN3O4S/c13-10-6-9(16(17)18)4-5-12(10)21(19,20)15-11-3-1-2-8(11)7-14/h4-6,8,11,15H,1-3,7,14H2. The molecule has 7 nitrogen and oxygen atoms in total. The molecule has 2 atom stereocenters. The van der Waals surface area contributed by atoms with E-state index < -0.39 is 14.9 Å². The number of non-ortho nitro benzene ring substituents is 1. The summed E-state index contributed by atoms with van der Waals surface area (Å²) in [5.41, 5.74) is 5.38. The van der Waals surface area contributed by atoms with Gasteiger partial charge in [0, 0.05) is 18.2 Å². The Balaban J connectivity index is 2.25. The van der Waals surface area contributed by atoms with Crippen LogP contribution in [0.2, 0.25) is 5.02 Å². The monoisotopic (exact) mass is 333 g/mol. The minimum absolute atomic E-state index is 0.108. The zero-order valence-electron chi connectivity index (χ0n) is 11.2. The molecular weight excluding hydrogens is 318 g/mol. The lowest BCUT2D eigenvalue weighted by atomic mass is 10.1. The fraction of sp³-hybridized carbons (Fsp3) is 0.500. The quantitative estimate of drug-likeness (QED) is 0.628. The first-order valence-electron chi connectivity index (χ1n) is 6.51. The molecule has 0 amide bonds. The Labute approximate surface area is 127 Å². The van der Waals surface area contributed by atoms with E-state index in [0.717, 1.165) is 37.5 Å². The Kier molecular flexibility index (Phi) is 4.82. The molecule has 0 aliphatic heterocycles. The molecule has 1 aliphatic rings. The molecule has 1 fully saturated rings. The maximum Gasteiger partial charge on any atom is 0.271 e. The Morgan fingerprint density at radius 3 is 2.71 bits per heavy atom. The van der Waals surface area contributed by atoms with Crippen molar-refractivity contribution in [3.8, 4) is 0 Å². The highest BCUT2D eigenvalue weighted by Gasteiger charge is 2.31. The summed E-state index contributed by atoms with van der Waals surface area (Å²) in [4.78, 5) is 9.86. The molecule has 9 heteroatoms. The summed E-state index contributed by atoms with van der Waals surface area (Å²) in [6.07, 6.45) is 2.53. The van der Waals surface area contributed by atoms with Crippen LogP contribution in [-0.2, 0) is 10.0 Å². The van der Waals surface area contributed by atoms with Crippen LogP contribution in [-0.4, -0.2) is 25.9 Å². The third-order valence-electron chi connectivity index (χ3n) is 3.68. The Morgan fingerprint density at radius 1 is 1.43 bits per heavy atom. The van der Waals surface area contributed by atoms with E-state index in [0.29, 0.717) is 6.54 Å². The second-order valence-corrected chi connectivity index (χ2v) is 7.12. The van der Waals surface area contributed by atoms with Gasteiger partial charge in [0.25, 0.3) is 5.69 Å². The summed E-state index contributed by atoms with van der Waals surface area (Å²) in [5.74, 6) is 0.108. The van der Waals surface area contributed by atoms with E-state index in [4.69, 9.17) is 17.3 Å². The van der Waals surface area contributed by atoms with Crippen molar-refractivity contribution in [1.82, 2.24) is 4.72 Å². The molecule has 0 aromatic heterocycles. The summed E-state index contributed by atoms with van der Waals surface area (Å²) in [6.45, 7) is 0.418. The van der Waals surface area contributed by atoms with Crippen LogP contribution in [0.4, 0.5) is 5.69 Å². The van der Waals surface area contributed by atoms with Gasteiger partial charge >= 0.3 is 0 Å². The first kappa shape index (κ1) is 16.2. The fourth-order valence-electron chi connectivity index (χ4n) is 2.56. The van der Waals surface area contributed by atoms with Crippen LogP contribution in [0.5, 0.6) is 0 Å². The number of hydrogen-bond acceptors (Lipinski definition) is 5. The highest BCUT2D eigenvalue weighted by molar-refractivity contribution is 7.89. The van der Waals surface area contributed by atoms with Gasteiger partial charge in [0.15, 0.2) is 0 Å². The van der Waals surface area contributed by atoms with Gasteiger partial charge < -0.3 is 5.73 Å². The predicted molar refractivity (Wildman–Crippen MR) is 78.6 cm³/mol. The average Bonchev–Trinajstić information content (AvgIpc) is 2.84. The minimum atomic E-state index is -3.82. The van der Waals surface area contributed by atoms with Crippen LogP contribution in [0.3, 0.4) is 0 Å². The second-order valence-electron chi connectivity index (χ2n) is 5.03. The van der Waals surface area contributed by atoms with Crippen molar-refractivity contribution >= 4 is 27.3 Å². The van der Waals surface area contributed by atoms with E-state index in [2.05, 4.69) is 4.72 Å². The number of nitro benzene ring substituents is 1. The molecule has 0 bridgehead atoms. The minimum Gasteiger partial charge on any atom is -0.330 e. The molecule has 2 rings (SSSR count). The lowest BCUT2D eigenvalue weighted by molar-refractivity contribution is -0.384. The summed E-state index contributed by atoms with van der Waals surface area (Å²) >= 11 is 5.87. The van der Waals surface area contributed by atoms with E-state index in [1.165, 1.54) is 0 Å². The van der Waals surface area contributed by atoms with Crippen molar-refractivity contribution in [3.05, 3.63) is 33.3 Å². The molecule has 1 aliphatic carbocycles. The van der Waals surface area contributed by atoms with Gasteiger partial charge in [0.2, 0.25) is 10.0 Å². The SMILES string of the molecule is NCC1CCCC1NS(=O)(=O)c1ccc([N+](=O)[O-])cc1Cl. The number of halogens is 1. The van der Waals surface area contributed by atoms with Crippen molar-refractivity contribution in [1.29, 1.82) is 0 Å². The number of rotatable bonds is 5. The van der Waals surface area contributed by atoms with Crippen LogP contribution >= 0.6 is 11.6 Å². The third kappa shape index (κ3) is 3.52. The van der Waals surface area contributed by atoms with Crippen molar-refractivity contribution in [3.63, 3.8) is 0 Å². The Bertz CT molecular complexity index is 650. The summed E-state index contributed by atoms with van der Waals surface area (Å²) in [5, 5.41) is 10.5. The molecule has 116 valence electrons. The van der Waals surface area contributed by atoms with Crippen molar-refractivity contribution in [2.24, 2.45) is 11.7 Å². The van der Waals surface area contributed by atoms with Gasteiger partial charge in [0.1, 0.15) is 4.90 Å². The number of nitrogens with two attached hydrogens (primary N) is 1. The van der Waals surface area contributed by atoms with Gasteiger partial charge in [-0.3, -0.25) is 10.1 Å². The van der Waals surface area contributed by atoms with Gasteiger partial charge in [-0.15, -0.1) is 0 Å². The second kappa shape index (κ2) is 6.27. The fourth-order valence-corrected chi connectivity index (χ4v) is 4.44. The summed E-state index contributed by atoms with van der Waals surface area (Å²) in [6, 6.07) is 3.09. The third-order valence-corrected chi connectivity index (χ3v) is 5.66.